The van der Waals surface area contributed by atoms with Crippen LogP contribution in [0.1, 0.15) is 26.7 Å². The minimum Gasteiger partial charge on any atom is -0.300 e. The van der Waals surface area contributed by atoms with Crippen LogP contribution < -0.4 is 0 Å². The summed E-state index contributed by atoms with van der Waals surface area (Å²) in [4.78, 5) is 2.46. The highest BCUT2D eigenvalue weighted by Gasteiger charge is 2.28. The molecule has 1 aliphatic rings. The Kier molecular flexibility index (Phi) is 4.22. The number of rotatable bonds is 6. The first-order valence-corrected chi connectivity index (χ1v) is 8.12. The van der Waals surface area contributed by atoms with Gasteiger partial charge in [0.25, 0.3) is 0 Å². The van der Waals surface area contributed by atoms with Crippen LogP contribution in [0, 0.1) is 4.77 Å². The molecule has 0 N–H and O–H groups in total. The summed E-state index contributed by atoms with van der Waals surface area (Å²) in [7, 11) is 0. The van der Waals surface area contributed by atoms with Gasteiger partial charge in [-0.25, -0.2) is 4.68 Å². The van der Waals surface area contributed by atoms with E-state index in [1.165, 1.54) is 12.8 Å². The molecule has 1 saturated carbocycles. The third-order valence-corrected chi connectivity index (χ3v) is 4.49. The Bertz CT molecular complexity index is 655. The van der Waals surface area contributed by atoms with Crippen molar-refractivity contribution in [1.82, 2.24) is 19.2 Å². The van der Waals surface area contributed by atoms with Crippen LogP contribution in [0.3, 0.4) is 0 Å². The van der Waals surface area contributed by atoms with E-state index in [0.29, 0.717) is 0 Å². The van der Waals surface area contributed by atoms with E-state index in [0.717, 1.165) is 42.0 Å². The Labute approximate surface area is 131 Å². The van der Waals surface area contributed by atoms with E-state index in [-0.39, 0.29) is 0 Å². The molecule has 21 heavy (non-hydrogen) atoms. The van der Waals surface area contributed by atoms with E-state index in [1.54, 1.807) is 0 Å². The predicted molar refractivity (Wildman–Crippen MR) is 87.6 cm³/mol. The zero-order valence-corrected chi connectivity index (χ0v) is 13.5. The molecule has 0 unspecified atom stereocenters. The quantitative estimate of drug-likeness (QED) is 0.763. The van der Waals surface area contributed by atoms with Gasteiger partial charge in [-0.3, -0.25) is 4.90 Å². The summed E-state index contributed by atoms with van der Waals surface area (Å²) in [5, 5.41) is 4.78. The van der Waals surface area contributed by atoms with Crippen LogP contribution in [0.5, 0.6) is 0 Å². The molecule has 1 aliphatic carbocycles. The lowest BCUT2D eigenvalue weighted by Gasteiger charge is -2.19. The number of hydrogen-bond donors (Lipinski definition) is 0. The van der Waals surface area contributed by atoms with E-state index in [1.807, 2.05) is 22.9 Å². The van der Waals surface area contributed by atoms with Crippen LogP contribution in [0.15, 0.2) is 30.3 Å². The molecule has 1 aromatic carbocycles. The Balaban J connectivity index is 1.95. The molecule has 1 heterocycles. The smallest absolute Gasteiger partial charge is 0.199 e. The van der Waals surface area contributed by atoms with Crippen molar-refractivity contribution in [3.8, 4) is 11.4 Å². The topological polar surface area (TPSA) is 26.0 Å². The second kappa shape index (κ2) is 6.12. The SMILES string of the molecule is CCN(Cn1nc(-c2ccccc2)n(CC)c1=S)C1CC1. The predicted octanol–water partition coefficient (Wildman–Crippen LogP) is 3.54. The molecule has 0 bridgehead atoms. The molecule has 112 valence electrons. The van der Waals surface area contributed by atoms with E-state index in [2.05, 4.69) is 35.4 Å². The van der Waals surface area contributed by atoms with Gasteiger partial charge in [0, 0.05) is 18.2 Å². The van der Waals surface area contributed by atoms with Gasteiger partial charge in [0.2, 0.25) is 0 Å². The van der Waals surface area contributed by atoms with E-state index < -0.39 is 0 Å². The highest BCUT2D eigenvalue weighted by Crippen LogP contribution is 2.27. The monoisotopic (exact) mass is 302 g/mol. The zero-order valence-electron chi connectivity index (χ0n) is 12.7. The molecular weight excluding hydrogens is 280 g/mol. The van der Waals surface area contributed by atoms with Crippen LogP contribution in [-0.4, -0.2) is 31.8 Å². The summed E-state index contributed by atoms with van der Waals surface area (Å²) in [5.41, 5.74) is 1.12. The van der Waals surface area contributed by atoms with Gasteiger partial charge in [-0.2, -0.15) is 5.10 Å². The molecule has 5 heteroatoms. The second-order valence-electron chi connectivity index (χ2n) is 5.49. The van der Waals surface area contributed by atoms with Crippen LogP contribution in [0.4, 0.5) is 0 Å². The van der Waals surface area contributed by atoms with Gasteiger partial charge in [0.05, 0.1) is 6.67 Å². The molecular formula is C16H22N4S. The average Bonchev–Trinajstić information content (AvgIpc) is 3.31. The van der Waals surface area contributed by atoms with Crippen molar-refractivity contribution < 1.29 is 0 Å². The summed E-state index contributed by atoms with van der Waals surface area (Å²) >= 11 is 5.62. The van der Waals surface area contributed by atoms with E-state index in [4.69, 9.17) is 17.3 Å². The standard InChI is InChI=1S/C16H22N4S/c1-3-18(14-10-11-14)12-20-16(21)19(4-2)15(17-20)13-8-6-5-7-9-13/h5-9,14H,3-4,10-12H2,1-2H3. The minimum absolute atomic E-state index is 0.726. The van der Waals surface area contributed by atoms with Crippen LogP contribution in [0.2, 0.25) is 0 Å². The van der Waals surface area contributed by atoms with Crippen molar-refractivity contribution >= 4 is 12.2 Å². The van der Waals surface area contributed by atoms with Crippen LogP contribution >= 0.6 is 12.2 Å². The highest BCUT2D eigenvalue weighted by atomic mass is 32.1. The molecule has 1 aromatic heterocycles. The average molecular weight is 302 g/mol. The Morgan fingerprint density at radius 2 is 1.95 bits per heavy atom. The molecule has 0 atom stereocenters. The van der Waals surface area contributed by atoms with Gasteiger partial charge in [-0.15, -0.1) is 0 Å². The Morgan fingerprint density at radius 1 is 1.24 bits per heavy atom. The second-order valence-corrected chi connectivity index (χ2v) is 5.86. The number of aromatic nitrogens is 3. The first-order valence-electron chi connectivity index (χ1n) is 7.71. The molecule has 0 aliphatic heterocycles. The zero-order chi connectivity index (χ0) is 14.8. The van der Waals surface area contributed by atoms with Gasteiger partial charge < -0.3 is 4.57 Å². The lowest BCUT2D eigenvalue weighted by atomic mass is 10.2. The fourth-order valence-corrected chi connectivity index (χ4v) is 3.02. The Morgan fingerprint density at radius 3 is 2.52 bits per heavy atom. The van der Waals surface area contributed by atoms with Gasteiger partial charge in [0.15, 0.2) is 10.6 Å². The molecule has 1 fully saturated rings. The summed E-state index contributed by atoms with van der Waals surface area (Å²) in [6.45, 7) is 7.02. The van der Waals surface area contributed by atoms with Crippen molar-refractivity contribution in [3.63, 3.8) is 0 Å². The van der Waals surface area contributed by atoms with Crippen molar-refractivity contribution in [1.29, 1.82) is 0 Å². The normalized spacial score (nSPS) is 14.8. The summed E-state index contributed by atoms with van der Waals surface area (Å²) in [6, 6.07) is 11.0. The molecule has 2 aromatic rings. The Hall–Kier alpha value is -1.46. The number of nitrogens with zero attached hydrogens (tertiary/aromatic N) is 4. The maximum atomic E-state index is 5.62. The van der Waals surface area contributed by atoms with E-state index >= 15 is 0 Å². The summed E-state index contributed by atoms with van der Waals surface area (Å²) < 4.78 is 4.91. The summed E-state index contributed by atoms with van der Waals surface area (Å²) in [6.07, 6.45) is 2.61. The summed E-state index contributed by atoms with van der Waals surface area (Å²) in [5.74, 6) is 0.968. The fraction of sp³-hybridized carbons (Fsp3) is 0.500. The van der Waals surface area contributed by atoms with Crippen molar-refractivity contribution in [2.75, 3.05) is 6.54 Å². The fourth-order valence-electron chi connectivity index (χ4n) is 2.70. The third-order valence-electron chi connectivity index (χ3n) is 4.06. The molecule has 0 saturated heterocycles. The van der Waals surface area contributed by atoms with Crippen molar-refractivity contribution in [2.45, 2.75) is 45.9 Å². The molecule has 3 rings (SSSR count). The molecule has 0 spiro atoms. The number of benzene rings is 1. The van der Waals surface area contributed by atoms with Gasteiger partial charge in [0.1, 0.15) is 0 Å². The lowest BCUT2D eigenvalue weighted by molar-refractivity contribution is 0.206. The molecule has 0 amide bonds. The third kappa shape index (κ3) is 2.94. The number of hydrogen-bond acceptors (Lipinski definition) is 3. The largest absolute Gasteiger partial charge is 0.300 e. The maximum absolute atomic E-state index is 5.62. The van der Waals surface area contributed by atoms with Gasteiger partial charge >= 0.3 is 0 Å². The van der Waals surface area contributed by atoms with Gasteiger partial charge in [-0.1, -0.05) is 37.3 Å². The lowest BCUT2D eigenvalue weighted by Crippen LogP contribution is -2.29. The van der Waals surface area contributed by atoms with Gasteiger partial charge in [-0.05, 0) is 38.5 Å². The van der Waals surface area contributed by atoms with Crippen LogP contribution in [0.25, 0.3) is 11.4 Å². The molecule has 4 nitrogen and oxygen atoms in total. The van der Waals surface area contributed by atoms with E-state index in [9.17, 15) is 0 Å². The van der Waals surface area contributed by atoms with Crippen LogP contribution in [-0.2, 0) is 13.2 Å². The first-order chi connectivity index (χ1) is 10.2. The minimum atomic E-state index is 0.726. The molecule has 0 radical (unpaired) electrons. The first kappa shape index (κ1) is 14.5. The highest BCUT2D eigenvalue weighted by molar-refractivity contribution is 7.71. The van der Waals surface area contributed by atoms with Crippen molar-refractivity contribution in [3.05, 3.63) is 35.1 Å². The van der Waals surface area contributed by atoms with Crippen molar-refractivity contribution in [2.24, 2.45) is 0 Å². The maximum Gasteiger partial charge on any atom is 0.199 e.